The molecule has 1 aliphatic rings. The van der Waals surface area contributed by atoms with Crippen molar-refractivity contribution in [1.29, 1.82) is 0 Å². The predicted octanol–water partition coefficient (Wildman–Crippen LogP) is 3.36. The molecule has 2 aromatic rings. The fraction of sp³-hybridized carbons (Fsp3) is 0.400. The summed E-state index contributed by atoms with van der Waals surface area (Å²) in [6.45, 7) is 3.20. The van der Waals surface area contributed by atoms with Crippen molar-refractivity contribution in [2.45, 2.75) is 25.4 Å². The smallest absolute Gasteiger partial charge is 0.161 e. The van der Waals surface area contributed by atoms with E-state index in [1.807, 2.05) is 18.2 Å². The molecule has 0 unspecified atom stereocenters. The fourth-order valence-corrected chi connectivity index (χ4v) is 3.67. The lowest BCUT2D eigenvalue weighted by Crippen LogP contribution is -2.38. The van der Waals surface area contributed by atoms with Crippen LogP contribution in [0, 0.1) is 0 Å². The molecule has 0 saturated heterocycles. The second-order valence-corrected chi connectivity index (χ2v) is 6.18. The molecule has 128 valence electrons. The molecule has 1 heterocycles. The van der Waals surface area contributed by atoms with Gasteiger partial charge >= 0.3 is 0 Å². The zero-order chi connectivity index (χ0) is 17.1. The summed E-state index contributed by atoms with van der Waals surface area (Å²) in [6, 6.07) is 14.6. The number of benzene rings is 2. The molecule has 2 atom stereocenters. The number of hydrogen-bond acceptors (Lipinski definition) is 4. The van der Waals surface area contributed by atoms with E-state index in [-0.39, 0.29) is 18.7 Å². The van der Waals surface area contributed by atoms with Crippen molar-refractivity contribution in [1.82, 2.24) is 4.90 Å². The van der Waals surface area contributed by atoms with Crippen LogP contribution in [0.4, 0.5) is 0 Å². The fourth-order valence-electron chi connectivity index (χ4n) is 3.67. The molecule has 3 rings (SSSR count). The number of ether oxygens (including phenoxy) is 2. The van der Waals surface area contributed by atoms with Crippen LogP contribution in [0.1, 0.15) is 35.7 Å². The maximum Gasteiger partial charge on any atom is 0.161 e. The van der Waals surface area contributed by atoms with Crippen LogP contribution in [0.15, 0.2) is 42.5 Å². The third-order valence-corrected chi connectivity index (χ3v) is 4.99. The van der Waals surface area contributed by atoms with E-state index in [9.17, 15) is 5.11 Å². The summed E-state index contributed by atoms with van der Waals surface area (Å²) in [4.78, 5) is 2.36. The van der Waals surface area contributed by atoms with Gasteiger partial charge in [0.05, 0.1) is 26.9 Å². The van der Waals surface area contributed by atoms with Gasteiger partial charge in [-0.3, -0.25) is 4.90 Å². The maximum atomic E-state index is 9.99. The van der Waals surface area contributed by atoms with Crippen molar-refractivity contribution in [3.8, 4) is 11.5 Å². The highest BCUT2D eigenvalue weighted by Gasteiger charge is 2.31. The molecule has 0 radical (unpaired) electrons. The Morgan fingerprint density at radius 2 is 1.79 bits per heavy atom. The lowest BCUT2D eigenvalue weighted by atomic mass is 9.90. The van der Waals surface area contributed by atoms with Gasteiger partial charge in [0.1, 0.15) is 0 Å². The summed E-state index contributed by atoms with van der Waals surface area (Å²) in [5.41, 5.74) is 3.69. The van der Waals surface area contributed by atoms with Crippen molar-refractivity contribution in [3.63, 3.8) is 0 Å². The van der Waals surface area contributed by atoms with Crippen LogP contribution in [0.2, 0.25) is 0 Å². The molecular formula is C20H25NO3. The molecule has 0 spiro atoms. The molecule has 2 aromatic carbocycles. The van der Waals surface area contributed by atoms with Crippen molar-refractivity contribution in [2.75, 3.05) is 27.4 Å². The van der Waals surface area contributed by atoms with E-state index in [4.69, 9.17) is 9.47 Å². The monoisotopic (exact) mass is 327 g/mol. The van der Waals surface area contributed by atoms with Gasteiger partial charge in [-0.05, 0) is 42.2 Å². The Labute approximate surface area is 143 Å². The highest BCUT2D eigenvalue weighted by Crippen LogP contribution is 2.40. The van der Waals surface area contributed by atoms with Gasteiger partial charge < -0.3 is 14.6 Å². The summed E-state index contributed by atoms with van der Waals surface area (Å²) < 4.78 is 10.9. The number of hydrogen-bond donors (Lipinski definition) is 1. The van der Waals surface area contributed by atoms with Gasteiger partial charge in [-0.25, -0.2) is 0 Å². The van der Waals surface area contributed by atoms with E-state index in [2.05, 4.69) is 36.1 Å². The van der Waals surface area contributed by atoms with Crippen LogP contribution in [0.3, 0.4) is 0 Å². The zero-order valence-corrected chi connectivity index (χ0v) is 14.5. The van der Waals surface area contributed by atoms with E-state index in [1.54, 1.807) is 14.2 Å². The molecule has 24 heavy (non-hydrogen) atoms. The second kappa shape index (κ2) is 7.24. The van der Waals surface area contributed by atoms with Gasteiger partial charge in [0.2, 0.25) is 0 Å². The van der Waals surface area contributed by atoms with Crippen LogP contribution < -0.4 is 9.47 Å². The number of methoxy groups -OCH3 is 2. The summed E-state index contributed by atoms with van der Waals surface area (Å²) in [5.74, 6) is 1.53. The van der Waals surface area contributed by atoms with Crippen molar-refractivity contribution >= 4 is 0 Å². The Balaban J connectivity index is 1.95. The number of rotatable bonds is 5. The average Bonchev–Trinajstić information content (AvgIpc) is 2.64. The van der Waals surface area contributed by atoms with Gasteiger partial charge in [-0.1, -0.05) is 30.3 Å². The zero-order valence-electron chi connectivity index (χ0n) is 14.5. The van der Waals surface area contributed by atoms with E-state index in [1.165, 1.54) is 11.1 Å². The maximum absolute atomic E-state index is 9.99. The molecule has 1 N–H and O–H groups in total. The molecular weight excluding hydrogens is 302 g/mol. The molecule has 0 saturated carbocycles. The standard InChI is InChI=1S/C20H25NO3/c1-14-17-12-20(24-3)19(23-2)11-16(17)9-10-21(14)18(13-22)15-7-5-4-6-8-15/h4-8,11-12,14,18,22H,9-10,13H2,1-3H3/t14-,18-/m0/s1. The summed E-state index contributed by atoms with van der Waals surface area (Å²) in [6.07, 6.45) is 0.934. The molecule has 4 nitrogen and oxygen atoms in total. The van der Waals surface area contributed by atoms with Gasteiger partial charge in [0, 0.05) is 12.6 Å². The first-order valence-corrected chi connectivity index (χ1v) is 8.36. The lowest BCUT2D eigenvalue weighted by Gasteiger charge is -2.40. The SMILES string of the molecule is COc1cc2c(cc1OC)[C@H](C)N([C@@H](CO)c1ccccc1)CC2. The van der Waals surface area contributed by atoms with Gasteiger partial charge in [0.25, 0.3) is 0 Å². The van der Waals surface area contributed by atoms with Crippen LogP contribution in [0.5, 0.6) is 11.5 Å². The number of aliphatic hydroxyl groups excluding tert-OH is 1. The third-order valence-electron chi connectivity index (χ3n) is 4.99. The van der Waals surface area contributed by atoms with Crippen molar-refractivity contribution < 1.29 is 14.6 Å². The largest absolute Gasteiger partial charge is 0.493 e. The Hall–Kier alpha value is -2.04. The first-order chi connectivity index (χ1) is 11.7. The second-order valence-electron chi connectivity index (χ2n) is 6.18. The highest BCUT2D eigenvalue weighted by atomic mass is 16.5. The molecule has 0 aromatic heterocycles. The normalized spacial score (nSPS) is 18.8. The number of nitrogens with zero attached hydrogens (tertiary/aromatic N) is 1. The van der Waals surface area contributed by atoms with E-state index in [0.29, 0.717) is 0 Å². The number of fused-ring (bicyclic) bond motifs is 1. The van der Waals surface area contributed by atoms with Crippen molar-refractivity contribution in [2.24, 2.45) is 0 Å². The Morgan fingerprint density at radius 1 is 1.12 bits per heavy atom. The van der Waals surface area contributed by atoms with E-state index in [0.717, 1.165) is 30.0 Å². The van der Waals surface area contributed by atoms with Crippen LogP contribution in [-0.4, -0.2) is 37.4 Å². The predicted molar refractivity (Wildman–Crippen MR) is 94.6 cm³/mol. The summed E-state index contributed by atoms with van der Waals surface area (Å²) in [7, 11) is 3.33. The minimum Gasteiger partial charge on any atom is -0.493 e. The van der Waals surface area contributed by atoms with E-state index < -0.39 is 0 Å². The first kappa shape index (κ1) is 16.8. The van der Waals surface area contributed by atoms with Gasteiger partial charge in [-0.15, -0.1) is 0 Å². The summed E-state index contributed by atoms with van der Waals surface area (Å²) >= 11 is 0. The molecule has 0 aliphatic carbocycles. The van der Waals surface area contributed by atoms with Gasteiger partial charge in [0.15, 0.2) is 11.5 Å². The van der Waals surface area contributed by atoms with Crippen LogP contribution in [-0.2, 0) is 6.42 Å². The summed E-state index contributed by atoms with van der Waals surface area (Å²) in [5, 5.41) is 9.99. The lowest BCUT2D eigenvalue weighted by molar-refractivity contribution is 0.0819. The highest BCUT2D eigenvalue weighted by molar-refractivity contribution is 5.49. The molecule has 0 amide bonds. The Kier molecular flexibility index (Phi) is 5.07. The molecule has 4 heteroatoms. The minimum absolute atomic E-state index is 0.00227. The van der Waals surface area contributed by atoms with E-state index >= 15 is 0 Å². The van der Waals surface area contributed by atoms with Crippen LogP contribution in [0.25, 0.3) is 0 Å². The van der Waals surface area contributed by atoms with Crippen molar-refractivity contribution in [3.05, 3.63) is 59.2 Å². The molecule has 0 bridgehead atoms. The quantitative estimate of drug-likeness (QED) is 0.914. The third kappa shape index (κ3) is 2.99. The minimum atomic E-state index is 0.00227. The molecule has 0 fully saturated rings. The average molecular weight is 327 g/mol. The van der Waals surface area contributed by atoms with Crippen LogP contribution >= 0.6 is 0 Å². The van der Waals surface area contributed by atoms with Gasteiger partial charge in [-0.2, -0.15) is 0 Å². The first-order valence-electron chi connectivity index (χ1n) is 8.36. The number of aliphatic hydroxyl groups is 1. The topological polar surface area (TPSA) is 41.9 Å². The Bertz CT molecular complexity index is 687. The molecule has 1 aliphatic heterocycles. The Morgan fingerprint density at radius 3 is 2.42 bits per heavy atom.